The van der Waals surface area contributed by atoms with E-state index >= 15 is 0 Å². The molecule has 7 nitrogen and oxygen atoms in total. The van der Waals surface area contributed by atoms with Crippen molar-refractivity contribution in [2.24, 2.45) is 0 Å². The first-order valence-corrected chi connectivity index (χ1v) is 10.8. The summed E-state index contributed by atoms with van der Waals surface area (Å²) in [5.41, 5.74) is 5.43. The average Bonchev–Trinajstić information content (AvgIpc) is 3.35. The van der Waals surface area contributed by atoms with Crippen LogP contribution in [0.25, 0.3) is 11.3 Å². The molecule has 1 amide bonds. The van der Waals surface area contributed by atoms with Gasteiger partial charge >= 0.3 is 0 Å². The first kappa shape index (κ1) is 20.9. The monoisotopic (exact) mass is 458 g/mol. The molecule has 1 aromatic heterocycles. The van der Waals surface area contributed by atoms with Crippen LogP contribution in [0.5, 0.6) is 0 Å². The lowest BCUT2D eigenvalue weighted by Crippen LogP contribution is -2.29. The van der Waals surface area contributed by atoms with Crippen molar-refractivity contribution in [2.45, 2.75) is 19.5 Å². The molecule has 2 heterocycles. The van der Waals surface area contributed by atoms with E-state index < -0.39 is 11.0 Å². The van der Waals surface area contributed by atoms with Crippen molar-refractivity contribution in [1.29, 1.82) is 0 Å². The van der Waals surface area contributed by atoms with Crippen molar-refractivity contribution in [3.63, 3.8) is 0 Å². The molecule has 4 aromatic rings. The third-order valence-electron chi connectivity index (χ3n) is 5.91. The Hall–Kier alpha value is -3.97. The number of amides is 1. The number of halogens is 1. The van der Waals surface area contributed by atoms with E-state index in [9.17, 15) is 14.9 Å². The summed E-state index contributed by atoms with van der Waals surface area (Å²) in [5.74, 6) is -0.195. The van der Waals surface area contributed by atoms with Crippen LogP contribution < -0.4 is 0 Å². The minimum atomic E-state index is -0.473. The molecule has 0 radical (unpaired) electrons. The van der Waals surface area contributed by atoms with E-state index in [-0.39, 0.29) is 18.1 Å². The van der Waals surface area contributed by atoms with E-state index in [1.165, 1.54) is 12.1 Å². The number of aromatic amines is 1. The highest BCUT2D eigenvalue weighted by Gasteiger charge is 2.42. The zero-order valence-electron chi connectivity index (χ0n) is 17.7. The maximum atomic E-state index is 13.5. The second-order valence-corrected chi connectivity index (χ2v) is 8.41. The first-order valence-electron chi connectivity index (χ1n) is 10.4. The van der Waals surface area contributed by atoms with Gasteiger partial charge in [-0.1, -0.05) is 59.6 Å². The van der Waals surface area contributed by atoms with Gasteiger partial charge in [-0.15, -0.1) is 0 Å². The fourth-order valence-corrected chi connectivity index (χ4v) is 4.42. The minimum absolute atomic E-state index is 0.00750. The summed E-state index contributed by atoms with van der Waals surface area (Å²) in [6.45, 7) is 2.29. The molecular weight excluding hydrogens is 440 g/mol. The number of carbonyl (C=O) groups excluding carboxylic acids is 1. The van der Waals surface area contributed by atoms with Gasteiger partial charge in [-0.3, -0.25) is 20.0 Å². The fourth-order valence-electron chi connectivity index (χ4n) is 4.23. The SMILES string of the molecule is Cc1ccc(-c2n[nH]c3c2C(c2ccc([N+](=O)[O-])cc2)N(Cc2ccccc2Cl)C3=O)cc1. The summed E-state index contributed by atoms with van der Waals surface area (Å²) in [4.78, 5) is 25.9. The third kappa shape index (κ3) is 3.66. The lowest BCUT2D eigenvalue weighted by atomic mass is 9.95. The number of hydrogen-bond donors (Lipinski definition) is 1. The number of aryl methyl sites for hydroxylation is 1. The molecule has 3 aromatic carbocycles. The molecule has 1 aliphatic rings. The van der Waals surface area contributed by atoms with E-state index in [0.717, 1.165) is 27.8 Å². The van der Waals surface area contributed by atoms with Gasteiger partial charge in [0.1, 0.15) is 5.69 Å². The number of nitro benzene ring substituents is 1. The van der Waals surface area contributed by atoms with E-state index in [4.69, 9.17) is 11.6 Å². The number of non-ortho nitro benzene ring substituents is 1. The first-order chi connectivity index (χ1) is 15.9. The summed E-state index contributed by atoms with van der Waals surface area (Å²) in [6, 6.07) is 21.1. The van der Waals surface area contributed by atoms with Crippen LogP contribution in [-0.2, 0) is 6.54 Å². The van der Waals surface area contributed by atoms with Crippen LogP contribution in [0.15, 0.2) is 72.8 Å². The van der Waals surface area contributed by atoms with Crippen LogP contribution in [0.2, 0.25) is 5.02 Å². The maximum Gasteiger partial charge on any atom is 0.273 e. The molecule has 1 atom stereocenters. The van der Waals surface area contributed by atoms with Gasteiger partial charge in [0, 0.05) is 34.8 Å². The van der Waals surface area contributed by atoms with Gasteiger partial charge in [0.25, 0.3) is 11.6 Å². The topological polar surface area (TPSA) is 92.1 Å². The molecule has 0 fully saturated rings. The highest BCUT2D eigenvalue weighted by molar-refractivity contribution is 6.31. The van der Waals surface area contributed by atoms with Crippen molar-refractivity contribution in [1.82, 2.24) is 15.1 Å². The van der Waals surface area contributed by atoms with Crippen molar-refractivity contribution >= 4 is 23.2 Å². The lowest BCUT2D eigenvalue weighted by Gasteiger charge is -2.27. The number of carbonyl (C=O) groups is 1. The van der Waals surface area contributed by atoms with Crippen molar-refractivity contribution in [2.75, 3.05) is 0 Å². The predicted octanol–water partition coefficient (Wildman–Crippen LogP) is 5.69. The molecule has 0 bridgehead atoms. The zero-order valence-corrected chi connectivity index (χ0v) is 18.4. The van der Waals surface area contributed by atoms with Gasteiger partial charge in [-0.05, 0) is 36.2 Å². The summed E-state index contributed by atoms with van der Waals surface area (Å²) in [7, 11) is 0. The molecule has 0 saturated carbocycles. The molecule has 33 heavy (non-hydrogen) atoms. The van der Waals surface area contributed by atoms with Crippen molar-refractivity contribution in [3.05, 3.63) is 116 Å². The Morgan fingerprint density at radius 1 is 1.06 bits per heavy atom. The van der Waals surface area contributed by atoms with Crippen LogP contribution in [0.3, 0.4) is 0 Å². The van der Waals surface area contributed by atoms with Crippen molar-refractivity contribution in [3.8, 4) is 11.3 Å². The Morgan fingerprint density at radius 3 is 2.42 bits per heavy atom. The number of rotatable bonds is 5. The third-order valence-corrected chi connectivity index (χ3v) is 6.28. The predicted molar refractivity (Wildman–Crippen MR) is 125 cm³/mol. The Kier molecular flexibility index (Phi) is 5.18. The zero-order chi connectivity index (χ0) is 23.1. The quantitative estimate of drug-likeness (QED) is 0.307. The number of aromatic nitrogens is 2. The van der Waals surface area contributed by atoms with Crippen LogP contribution in [0.1, 0.15) is 38.8 Å². The van der Waals surface area contributed by atoms with Gasteiger partial charge in [0.05, 0.1) is 16.7 Å². The van der Waals surface area contributed by atoms with E-state index in [2.05, 4.69) is 10.2 Å². The van der Waals surface area contributed by atoms with Crippen LogP contribution >= 0.6 is 11.6 Å². The van der Waals surface area contributed by atoms with Crippen LogP contribution in [0.4, 0.5) is 5.69 Å². The number of nitro groups is 1. The number of hydrogen-bond acceptors (Lipinski definition) is 4. The Morgan fingerprint density at radius 2 is 1.76 bits per heavy atom. The molecule has 0 aliphatic carbocycles. The molecule has 0 spiro atoms. The molecule has 164 valence electrons. The molecule has 1 unspecified atom stereocenters. The Balaban J connectivity index is 1.65. The van der Waals surface area contributed by atoms with Crippen LogP contribution in [0, 0.1) is 17.0 Å². The summed E-state index contributed by atoms with van der Waals surface area (Å²) in [5, 5.41) is 19.1. The molecule has 0 saturated heterocycles. The van der Waals surface area contributed by atoms with Crippen molar-refractivity contribution < 1.29 is 9.72 Å². The van der Waals surface area contributed by atoms with E-state index in [0.29, 0.717) is 16.4 Å². The lowest BCUT2D eigenvalue weighted by molar-refractivity contribution is -0.384. The smallest absolute Gasteiger partial charge is 0.273 e. The Bertz CT molecular complexity index is 1360. The number of fused-ring (bicyclic) bond motifs is 1. The number of benzene rings is 3. The fraction of sp³-hybridized carbons (Fsp3) is 0.120. The van der Waals surface area contributed by atoms with Gasteiger partial charge in [-0.2, -0.15) is 5.10 Å². The molecule has 8 heteroatoms. The highest BCUT2D eigenvalue weighted by atomic mass is 35.5. The number of H-pyrrole nitrogens is 1. The summed E-state index contributed by atoms with van der Waals surface area (Å²) >= 11 is 6.39. The normalized spacial score (nSPS) is 15.0. The maximum absolute atomic E-state index is 13.5. The minimum Gasteiger partial charge on any atom is -0.322 e. The average molecular weight is 459 g/mol. The summed E-state index contributed by atoms with van der Waals surface area (Å²) in [6.07, 6.45) is 0. The van der Waals surface area contributed by atoms with E-state index in [1.807, 2.05) is 49.4 Å². The second-order valence-electron chi connectivity index (χ2n) is 8.00. The largest absolute Gasteiger partial charge is 0.322 e. The highest BCUT2D eigenvalue weighted by Crippen LogP contribution is 2.44. The van der Waals surface area contributed by atoms with Gasteiger partial charge < -0.3 is 4.90 Å². The standard InChI is InChI=1S/C25H19ClN4O3/c1-15-6-8-16(9-7-15)22-21-23(28-27-22)25(31)29(14-18-4-2-3-5-20(18)26)24(21)17-10-12-19(13-11-17)30(32)33/h2-13,24H,14H2,1H3,(H,27,28). The molecule has 1 N–H and O–H groups in total. The van der Waals surface area contributed by atoms with Crippen LogP contribution in [-0.4, -0.2) is 25.9 Å². The van der Waals surface area contributed by atoms with Gasteiger partial charge in [0.2, 0.25) is 0 Å². The second kappa shape index (κ2) is 8.18. The van der Waals surface area contributed by atoms with Gasteiger partial charge in [-0.25, -0.2) is 0 Å². The molecular formula is C25H19ClN4O3. The Labute approximate surface area is 194 Å². The molecule has 5 rings (SSSR count). The molecule has 1 aliphatic heterocycles. The van der Waals surface area contributed by atoms with E-state index in [1.54, 1.807) is 23.1 Å². The van der Waals surface area contributed by atoms with Gasteiger partial charge in [0.15, 0.2) is 0 Å². The number of nitrogens with zero attached hydrogens (tertiary/aromatic N) is 3. The number of nitrogens with one attached hydrogen (secondary N) is 1. The summed E-state index contributed by atoms with van der Waals surface area (Å²) < 4.78 is 0.